The Morgan fingerprint density at radius 1 is 1.29 bits per heavy atom. The van der Waals surface area contributed by atoms with Crippen LogP contribution in [0.2, 0.25) is 5.02 Å². The van der Waals surface area contributed by atoms with Crippen molar-refractivity contribution in [1.29, 1.82) is 0 Å². The van der Waals surface area contributed by atoms with Crippen LogP contribution in [0, 0.1) is 11.7 Å². The number of piperazine rings is 1. The van der Waals surface area contributed by atoms with Crippen molar-refractivity contribution in [2.45, 2.75) is 39.3 Å². The van der Waals surface area contributed by atoms with Gasteiger partial charge in [-0.1, -0.05) is 25.4 Å². The molecular weight excluding hydrogens is 295 g/mol. The van der Waals surface area contributed by atoms with Gasteiger partial charge in [-0.25, -0.2) is 4.39 Å². The molecule has 21 heavy (non-hydrogen) atoms. The number of nitrogens with one attached hydrogen (secondary N) is 1. The minimum absolute atomic E-state index is 0.118. The van der Waals surface area contributed by atoms with Gasteiger partial charge in [-0.2, -0.15) is 0 Å². The van der Waals surface area contributed by atoms with Gasteiger partial charge in [0, 0.05) is 10.7 Å². The van der Waals surface area contributed by atoms with Gasteiger partial charge in [0.25, 0.3) is 5.91 Å². The Kier molecular flexibility index (Phi) is 3.97. The van der Waals surface area contributed by atoms with E-state index in [2.05, 4.69) is 5.32 Å². The van der Waals surface area contributed by atoms with E-state index in [1.807, 2.05) is 13.8 Å². The minimum Gasteiger partial charge on any atom is -0.340 e. The van der Waals surface area contributed by atoms with Gasteiger partial charge in [0.05, 0.1) is 0 Å². The zero-order valence-corrected chi connectivity index (χ0v) is 13.2. The summed E-state index contributed by atoms with van der Waals surface area (Å²) in [5.41, 5.74) is -0.743. The van der Waals surface area contributed by atoms with Crippen LogP contribution in [0.15, 0.2) is 18.2 Å². The lowest BCUT2D eigenvalue weighted by atomic mass is 9.91. The van der Waals surface area contributed by atoms with E-state index in [-0.39, 0.29) is 22.8 Å². The molecule has 2 amide bonds. The lowest BCUT2D eigenvalue weighted by molar-refractivity contribution is -0.138. The number of benzene rings is 1. The van der Waals surface area contributed by atoms with Gasteiger partial charge in [0.2, 0.25) is 5.91 Å². The molecule has 1 aliphatic rings. The summed E-state index contributed by atoms with van der Waals surface area (Å²) >= 11 is 5.87. The molecule has 0 radical (unpaired) electrons. The van der Waals surface area contributed by atoms with Crippen molar-refractivity contribution in [3.63, 3.8) is 0 Å². The summed E-state index contributed by atoms with van der Waals surface area (Å²) in [6.07, 6.45) is 0. The molecule has 0 spiro atoms. The molecule has 1 aromatic carbocycles. The fourth-order valence-electron chi connectivity index (χ4n) is 2.54. The minimum atomic E-state index is -1.04. The van der Waals surface area contributed by atoms with Crippen LogP contribution in [-0.2, 0) is 9.59 Å². The van der Waals surface area contributed by atoms with E-state index in [9.17, 15) is 14.0 Å². The Bertz CT molecular complexity index is 581. The second kappa shape index (κ2) is 5.30. The average Bonchev–Trinajstić information content (AvgIpc) is 2.30. The predicted octanol–water partition coefficient (Wildman–Crippen LogP) is 2.75. The quantitative estimate of drug-likeness (QED) is 0.913. The second-order valence-corrected chi connectivity index (χ2v) is 6.54. The maximum atomic E-state index is 13.6. The molecule has 1 fully saturated rings. The van der Waals surface area contributed by atoms with E-state index in [0.29, 0.717) is 5.69 Å². The van der Waals surface area contributed by atoms with Crippen molar-refractivity contribution in [3.05, 3.63) is 29.0 Å². The average molecular weight is 313 g/mol. The number of halogens is 2. The predicted molar refractivity (Wildman–Crippen MR) is 79.7 cm³/mol. The molecular formula is C15H18ClFN2O2. The molecule has 1 atom stereocenters. The first kappa shape index (κ1) is 15.8. The van der Waals surface area contributed by atoms with E-state index < -0.39 is 17.4 Å². The zero-order chi connectivity index (χ0) is 15.9. The number of carbonyl (C=O) groups is 2. The molecule has 1 unspecified atom stereocenters. The molecule has 114 valence electrons. The van der Waals surface area contributed by atoms with Gasteiger partial charge >= 0.3 is 0 Å². The SMILES string of the molecule is CC(C)C1C(=O)NC(C)(C)C(=O)N1c1cc(F)cc(Cl)c1. The van der Waals surface area contributed by atoms with Crippen molar-refractivity contribution in [2.75, 3.05) is 4.90 Å². The van der Waals surface area contributed by atoms with Crippen LogP contribution < -0.4 is 10.2 Å². The molecule has 0 aromatic heterocycles. The fourth-order valence-corrected chi connectivity index (χ4v) is 2.75. The van der Waals surface area contributed by atoms with E-state index >= 15 is 0 Å². The normalized spacial score (nSPS) is 21.7. The zero-order valence-electron chi connectivity index (χ0n) is 12.4. The molecule has 1 aliphatic heterocycles. The standard InChI is InChI=1S/C15H18ClFN2O2/c1-8(2)12-13(20)18-15(3,4)14(21)19(12)11-6-9(16)5-10(17)7-11/h5-8,12H,1-4H3,(H,18,20). The molecule has 4 nitrogen and oxygen atoms in total. The summed E-state index contributed by atoms with van der Waals surface area (Å²) in [6, 6.07) is 3.18. The Morgan fingerprint density at radius 3 is 2.43 bits per heavy atom. The highest BCUT2D eigenvalue weighted by atomic mass is 35.5. The first-order chi connectivity index (χ1) is 9.63. The first-order valence-corrected chi connectivity index (χ1v) is 7.13. The van der Waals surface area contributed by atoms with Gasteiger partial charge < -0.3 is 5.32 Å². The maximum absolute atomic E-state index is 13.6. The van der Waals surface area contributed by atoms with Crippen molar-refractivity contribution in [2.24, 2.45) is 5.92 Å². The van der Waals surface area contributed by atoms with Gasteiger partial charge in [0.1, 0.15) is 17.4 Å². The summed E-state index contributed by atoms with van der Waals surface area (Å²) in [7, 11) is 0. The second-order valence-electron chi connectivity index (χ2n) is 6.11. The monoisotopic (exact) mass is 312 g/mol. The lowest BCUT2D eigenvalue weighted by Crippen LogP contribution is -2.69. The largest absolute Gasteiger partial charge is 0.340 e. The molecule has 6 heteroatoms. The van der Waals surface area contributed by atoms with Crippen molar-refractivity contribution < 1.29 is 14.0 Å². The van der Waals surface area contributed by atoms with Crippen LogP contribution in [0.1, 0.15) is 27.7 Å². The van der Waals surface area contributed by atoms with Gasteiger partial charge in [0.15, 0.2) is 0 Å². The molecule has 0 bridgehead atoms. The van der Waals surface area contributed by atoms with Gasteiger partial charge in [-0.15, -0.1) is 0 Å². The van der Waals surface area contributed by atoms with E-state index in [1.54, 1.807) is 13.8 Å². The van der Waals surface area contributed by atoms with Crippen LogP contribution in [0.5, 0.6) is 0 Å². The van der Waals surface area contributed by atoms with Crippen LogP contribution >= 0.6 is 11.6 Å². The Labute approximate surface area is 128 Å². The van der Waals surface area contributed by atoms with E-state index in [4.69, 9.17) is 11.6 Å². The van der Waals surface area contributed by atoms with Crippen LogP contribution in [0.3, 0.4) is 0 Å². The van der Waals surface area contributed by atoms with Crippen LogP contribution in [-0.4, -0.2) is 23.4 Å². The summed E-state index contributed by atoms with van der Waals surface area (Å²) in [4.78, 5) is 26.3. The number of anilines is 1. The van der Waals surface area contributed by atoms with Crippen molar-refractivity contribution >= 4 is 29.1 Å². The molecule has 0 saturated carbocycles. The van der Waals surface area contributed by atoms with Crippen LogP contribution in [0.4, 0.5) is 10.1 Å². The Morgan fingerprint density at radius 2 is 1.90 bits per heavy atom. The summed E-state index contributed by atoms with van der Waals surface area (Å²) in [6.45, 7) is 6.92. The number of nitrogens with zero attached hydrogens (tertiary/aromatic N) is 1. The summed E-state index contributed by atoms with van der Waals surface area (Å²) < 4.78 is 13.6. The van der Waals surface area contributed by atoms with E-state index in [1.165, 1.54) is 17.0 Å². The molecule has 2 rings (SSSR count). The summed E-state index contributed by atoms with van der Waals surface area (Å²) in [5.74, 6) is -1.21. The Hall–Kier alpha value is -1.62. The summed E-state index contributed by atoms with van der Waals surface area (Å²) in [5, 5.41) is 2.89. The third-order valence-corrected chi connectivity index (χ3v) is 3.71. The molecule has 1 heterocycles. The third kappa shape index (κ3) is 2.88. The maximum Gasteiger partial charge on any atom is 0.252 e. The highest BCUT2D eigenvalue weighted by molar-refractivity contribution is 6.31. The number of carbonyl (C=O) groups excluding carboxylic acids is 2. The van der Waals surface area contributed by atoms with Gasteiger partial charge in [-0.3, -0.25) is 14.5 Å². The number of hydrogen-bond acceptors (Lipinski definition) is 2. The smallest absolute Gasteiger partial charge is 0.252 e. The first-order valence-electron chi connectivity index (χ1n) is 6.75. The highest BCUT2D eigenvalue weighted by Gasteiger charge is 2.47. The molecule has 1 saturated heterocycles. The number of rotatable bonds is 2. The fraction of sp³-hybridized carbons (Fsp3) is 0.467. The van der Waals surface area contributed by atoms with E-state index in [0.717, 1.165) is 6.07 Å². The van der Waals surface area contributed by atoms with Crippen molar-refractivity contribution in [3.8, 4) is 0 Å². The topological polar surface area (TPSA) is 49.4 Å². The third-order valence-electron chi connectivity index (χ3n) is 3.49. The highest BCUT2D eigenvalue weighted by Crippen LogP contribution is 2.31. The lowest BCUT2D eigenvalue weighted by Gasteiger charge is -2.44. The number of hydrogen-bond donors (Lipinski definition) is 1. The number of amides is 2. The molecule has 0 aliphatic carbocycles. The van der Waals surface area contributed by atoms with Crippen LogP contribution in [0.25, 0.3) is 0 Å². The van der Waals surface area contributed by atoms with Gasteiger partial charge in [-0.05, 0) is 38.0 Å². The molecule has 1 aromatic rings. The molecule has 1 N–H and O–H groups in total. The van der Waals surface area contributed by atoms with Crippen molar-refractivity contribution in [1.82, 2.24) is 5.32 Å². The Balaban J connectivity index is 2.57.